The summed E-state index contributed by atoms with van der Waals surface area (Å²) in [6.07, 6.45) is -3.17. The van der Waals surface area contributed by atoms with Gasteiger partial charge in [-0.25, -0.2) is 17.6 Å². The molecule has 3 aliphatic carbocycles. The zero-order valence-corrected chi connectivity index (χ0v) is 10.5. The first kappa shape index (κ1) is 14.8. The Morgan fingerprint density at radius 2 is 1.62 bits per heavy atom. The monoisotopic (exact) mass is 318 g/mol. The number of hydrogen-bond donors (Lipinski definition) is 0. The van der Waals surface area contributed by atoms with E-state index in [4.69, 9.17) is 0 Å². The van der Waals surface area contributed by atoms with Crippen molar-refractivity contribution in [2.45, 2.75) is 54.3 Å². The molecule has 0 aromatic heterocycles. The van der Waals surface area contributed by atoms with E-state index in [-0.39, 0.29) is 25.0 Å². The molecule has 4 unspecified atom stereocenters. The van der Waals surface area contributed by atoms with Crippen LogP contribution in [-0.4, -0.2) is 35.0 Å². The molecule has 0 bridgehead atoms. The quantitative estimate of drug-likeness (QED) is 0.496. The van der Waals surface area contributed by atoms with Gasteiger partial charge in [0.15, 0.2) is 6.17 Å². The van der Waals surface area contributed by atoms with Gasteiger partial charge in [-0.15, -0.1) is 0 Å². The average molecular weight is 318 g/mol. The van der Waals surface area contributed by atoms with Crippen molar-refractivity contribution in [2.24, 2.45) is 0 Å². The predicted molar refractivity (Wildman–Crippen MR) is 57.4 cm³/mol. The number of fused-ring (bicyclic) bond motifs is 1. The van der Waals surface area contributed by atoms with Gasteiger partial charge >= 0.3 is 11.8 Å². The third-order valence-electron chi connectivity index (χ3n) is 4.65. The Bertz CT molecular complexity index is 552. The van der Waals surface area contributed by atoms with Crippen LogP contribution >= 0.6 is 0 Å². The summed E-state index contributed by atoms with van der Waals surface area (Å²) < 4.78 is 112. The minimum Gasteiger partial charge on any atom is -0.236 e. The molecule has 0 amide bonds. The summed E-state index contributed by atoms with van der Waals surface area (Å²) in [4.78, 5) is 0. The highest BCUT2D eigenvalue weighted by atomic mass is 19.3. The first-order valence-electron chi connectivity index (χ1n) is 6.34. The topological polar surface area (TPSA) is 0 Å². The molecule has 8 heteroatoms. The van der Waals surface area contributed by atoms with E-state index in [1.807, 2.05) is 0 Å². The van der Waals surface area contributed by atoms with E-state index in [9.17, 15) is 35.1 Å². The lowest BCUT2D eigenvalue weighted by Gasteiger charge is -2.65. The first-order valence-corrected chi connectivity index (χ1v) is 6.34. The lowest BCUT2D eigenvalue weighted by Crippen LogP contribution is -2.93. The maximum Gasteiger partial charge on any atom is 0.329 e. The van der Waals surface area contributed by atoms with Crippen molar-refractivity contribution < 1.29 is 35.1 Å². The molecule has 0 nitrogen and oxygen atoms in total. The zero-order chi connectivity index (χ0) is 15.9. The van der Waals surface area contributed by atoms with Crippen LogP contribution in [0.15, 0.2) is 23.8 Å². The van der Waals surface area contributed by atoms with E-state index >= 15 is 0 Å². The third kappa shape index (κ3) is 1.14. The maximum atomic E-state index is 14.7. The smallest absolute Gasteiger partial charge is 0.236 e. The van der Waals surface area contributed by atoms with Crippen molar-refractivity contribution >= 4 is 0 Å². The number of halogens is 8. The third-order valence-corrected chi connectivity index (χ3v) is 4.65. The molecular formula is C13H10F8. The van der Waals surface area contributed by atoms with Crippen LogP contribution in [0.4, 0.5) is 35.1 Å². The van der Waals surface area contributed by atoms with Gasteiger partial charge in [-0.05, 0) is 37.0 Å². The van der Waals surface area contributed by atoms with Gasteiger partial charge in [-0.3, -0.25) is 0 Å². The van der Waals surface area contributed by atoms with Crippen LogP contribution in [0.3, 0.4) is 0 Å². The predicted octanol–water partition coefficient (Wildman–Crippen LogP) is 4.41. The van der Waals surface area contributed by atoms with Gasteiger partial charge in [0.2, 0.25) is 11.3 Å². The molecule has 118 valence electrons. The van der Waals surface area contributed by atoms with Crippen LogP contribution in [-0.2, 0) is 0 Å². The summed E-state index contributed by atoms with van der Waals surface area (Å²) in [6.45, 7) is 0. The van der Waals surface area contributed by atoms with Gasteiger partial charge in [0.05, 0.1) is 0 Å². The molecule has 0 N–H and O–H groups in total. The van der Waals surface area contributed by atoms with Crippen molar-refractivity contribution in [3.05, 3.63) is 23.8 Å². The number of hydrogen-bond acceptors (Lipinski definition) is 0. The summed E-state index contributed by atoms with van der Waals surface area (Å²) in [6, 6.07) is 0. The van der Waals surface area contributed by atoms with Crippen LogP contribution in [0.5, 0.6) is 0 Å². The zero-order valence-electron chi connectivity index (χ0n) is 10.5. The largest absolute Gasteiger partial charge is 0.329 e. The Kier molecular flexibility index (Phi) is 2.56. The van der Waals surface area contributed by atoms with Gasteiger partial charge in [0.1, 0.15) is 0 Å². The molecule has 0 aromatic rings. The van der Waals surface area contributed by atoms with Crippen molar-refractivity contribution in [2.75, 3.05) is 0 Å². The molecular weight excluding hydrogens is 308 g/mol. The van der Waals surface area contributed by atoms with E-state index in [0.29, 0.717) is 0 Å². The van der Waals surface area contributed by atoms with Gasteiger partial charge in [-0.2, -0.15) is 17.6 Å². The average Bonchev–Trinajstić information content (AvgIpc) is 2.94. The summed E-state index contributed by atoms with van der Waals surface area (Å²) in [5.41, 5.74) is -15.0. The molecule has 3 aliphatic rings. The van der Waals surface area contributed by atoms with E-state index in [2.05, 4.69) is 0 Å². The Balaban J connectivity index is 2.26. The van der Waals surface area contributed by atoms with E-state index < -0.39 is 47.0 Å². The number of rotatable bonds is 1. The summed E-state index contributed by atoms with van der Waals surface area (Å²) in [5.74, 6) is -10.3. The second-order valence-electron chi connectivity index (χ2n) is 5.61. The van der Waals surface area contributed by atoms with E-state index in [0.717, 1.165) is 6.08 Å². The molecule has 3 rings (SSSR count). The Labute approximate surface area is 114 Å². The summed E-state index contributed by atoms with van der Waals surface area (Å²) in [7, 11) is 0. The summed E-state index contributed by atoms with van der Waals surface area (Å²) in [5, 5.41) is 0. The van der Waals surface area contributed by atoms with E-state index in [1.54, 1.807) is 0 Å². The van der Waals surface area contributed by atoms with Gasteiger partial charge in [0.25, 0.3) is 5.67 Å². The first-order chi connectivity index (χ1) is 9.48. The second-order valence-corrected chi connectivity index (χ2v) is 5.61. The fourth-order valence-corrected chi connectivity index (χ4v) is 3.50. The van der Waals surface area contributed by atoms with Gasteiger partial charge in [-0.1, -0.05) is 6.08 Å². The molecule has 0 saturated heterocycles. The number of alkyl halides is 8. The Morgan fingerprint density at radius 3 is 2.14 bits per heavy atom. The normalized spacial score (nSPS) is 50.3. The molecule has 0 spiro atoms. The number of allylic oxidation sites excluding steroid dienone is 4. The highest BCUT2D eigenvalue weighted by Gasteiger charge is 3.03. The highest BCUT2D eigenvalue weighted by Crippen LogP contribution is 2.76. The molecule has 0 heterocycles. The second kappa shape index (κ2) is 3.63. The molecule has 0 aliphatic heterocycles. The van der Waals surface area contributed by atoms with Crippen LogP contribution in [0.1, 0.15) is 19.3 Å². The minimum absolute atomic E-state index is 0.0902. The molecule has 0 radical (unpaired) electrons. The maximum absolute atomic E-state index is 14.7. The van der Waals surface area contributed by atoms with Crippen LogP contribution < -0.4 is 0 Å². The summed E-state index contributed by atoms with van der Waals surface area (Å²) >= 11 is 0. The van der Waals surface area contributed by atoms with Crippen molar-refractivity contribution in [1.82, 2.24) is 0 Å². The fourth-order valence-electron chi connectivity index (χ4n) is 3.50. The molecule has 1 fully saturated rings. The van der Waals surface area contributed by atoms with Crippen LogP contribution in [0.2, 0.25) is 0 Å². The molecule has 1 saturated carbocycles. The van der Waals surface area contributed by atoms with Gasteiger partial charge < -0.3 is 0 Å². The minimum atomic E-state index is -5.24. The lowest BCUT2D eigenvalue weighted by atomic mass is 9.47. The fraction of sp³-hybridized carbons (Fsp3) is 0.692. The van der Waals surface area contributed by atoms with Gasteiger partial charge in [0, 0.05) is 0 Å². The highest BCUT2D eigenvalue weighted by molar-refractivity contribution is 5.54. The molecule has 21 heavy (non-hydrogen) atoms. The molecule has 4 atom stereocenters. The van der Waals surface area contributed by atoms with Crippen LogP contribution in [0, 0.1) is 0 Å². The van der Waals surface area contributed by atoms with E-state index in [1.165, 1.54) is 0 Å². The Hall–Kier alpha value is -1.08. The lowest BCUT2D eigenvalue weighted by molar-refractivity contribution is -0.420. The van der Waals surface area contributed by atoms with Crippen LogP contribution in [0.25, 0.3) is 0 Å². The SMILES string of the molecule is FC1C=CC2(F)C(F)(F)C(F)(C3=CCCC3)C2(F)C1(F)F. The van der Waals surface area contributed by atoms with Crippen molar-refractivity contribution in [3.8, 4) is 0 Å². The standard InChI is InChI=1S/C13H10F8/c14-8-5-6-9(15)12(19,11(8,17)18)10(16,13(9,20)21)7-3-1-2-4-7/h3,5-6,8H,1-2,4H2. The van der Waals surface area contributed by atoms with Crippen molar-refractivity contribution in [1.29, 1.82) is 0 Å². The molecule has 0 aromatic carbocycles. The Morgan fingerprint density at radius 1 is 1.00 bits per heavy atom. The van der Waals surface area contributed by atoms with Crippen molar-refractivity contribution in [3.63, 3.8) is 0 Å².